The molecule has 1 aliphatic rings. The molecular formula is C11H14ClN5O3. The van der Waals surface area contributed by atoms with E-state index in [0.717, 1.165) is 0 Å². The molecule has 20 heavy (non-hydrogen) atoms. The van der Waals surface area contributed by atoms with Crippen molar-refractivity contribution in [3.8, 4) is 0 Å². The van der Waals surface area contributed by atoms with Crippen LogP contribution in [0.4, 0.5) is 5.95 Å². The Balaban J connectivity index is 2.04. The summed E-state index contributed by atoms with van der Waals surface area (Å²) in [6.45, 7) is -0.505. The lowest BCUT2D eigenvalue weighted by Gasteiger charge is -2.23. The Kier molecular flexibility index (Phi) is 3.05. The van der Waals surface area contributed by atoms with Gasteiger partial charge in [-0.2, -0.15) is 9.97 Å². The molecule has 2 aromatic rings. The van der Waals surface area contributed by atoms with E-state index in [1.165, 1.54) is 6.33 Å². The summed E-state index contributed by atoms with van der Waals surface area (Å²) < 4.78 is 1.69. The first-order valence-electron chi connectivity index (χ1n) is 6.11. The van der Waals surface area contributed by atoms with Gasteiger partial charge in [0, 0.05) is 12.5 Å². The SMILES string of the molecule is Nc1nc(Cl)c2ncn(C3CC(O)C(O)(CO)C3)c2n1. The maximum atomic E-state index is 10.1. The van der Waals surface area contributed by atoms with Gasteiger partial charge in [0.25, 0.3) is 0 Å². The molecule has 2 heterocycles. The Labute approximate surface area is 118 Å². The van der Waals surface area contributed by atoms with Gasteiger partial charge in [-0.3, -0.25) is 0 Å². The Morgan fingerprint density at radius 2 is 2.25 bits per heavy atom. The minimum atomic E-state index is -1.51. The summed E-state index contributed by atoms with van der Waals surface area (Å²) in [4.78, 5) is 12.0. The lowest BCUT2D eigenvalue weighted by Crippen LogP contribution is -2.40. The number of nitrogens with zero attached hydrogens (tertiary/aromatic N) is 4. The van der Waals surface area contributed by atoms with Crippen LogP contribution in [-0.2, 0) is 0 Å². The monoisotopic (exact) mass is 299 g/mol. The number of anilines is 1. The van der Waals surface area contributed by atoms with Gasteiger partial charge < -0.3 is 25.6 Å². The number of aliphatic hydroxyl groups is 3. The average molecular weight is 300 g/mol. The second-order valence-corrected chi connectivity index (χ2v) is 5.43. The molecule has 8 nitrogen and oxygen atoms in total. The Morgan fingerprint density at radius 1 is 1.50 bits per heavy atom. The molecule has 3 unspecified atom stereocenters. The normalized spacial score (nSPS) is 30.2. The predicted molar refractivity (Wildman–Crippen MR) is 71.1 cm³/mol. The van der Waals surface area contributed by atoms with Gasteiger partial charge in [0.15, 0.2) is 10.8 Å². The van der Waals surface area contributed by atoms with Gasteiger partial charge in [-0.15, -0.1) is 0 Å². The van der Waals surface area contributed by atoms with E-state index in [0.29, 0.717) is 11.2 Å². The lowest BCUT2D eigenvalue weighted by molar-refractivity contribution is -0.0855. The highest BCUT2D eigenvalue weighted by atomic mass is 35.5. The van der Waals surface area contributed by atoms with Crippen LogP contribution in [-0.4, -0.2) is 53.2 Å². The molecule has 0 aliphatic heterocycles. The number of hydrogen-bond acceptors (Lipinski definition) is 7. The molecule has 1 aliphatic carbocycles. The standard InChI is InChI=1S/C11H14ClN5O3/c12-8-7-9(16-10(13)15-8)17(4-14-7)5-1-6(19)11(20,2-5)3-18/h4-6,18-20H,1-3H2,(H2,13,15,16). The highest BCUT2D eigenvalue weighted by Gasteiger charge is 2.46. The predicted octanol–water partition coefficient (Wildman–Crippen LogP) is -0.519. The van der Waals surface area contributed by atoms with Crippen LogP contribution in [0.3, 0.4) is 0 Å². The number of nitrogens with two attached hydrogens (primary N) is 1. The third-order valence-electron chi connectivity index (χ3n) is 3.77. The van der Waals surface area contributed by atoms with Crippen molar-refractivity contribution in [3.63, 3.8) is 0 Å². The molecule has 3 atom stereocenters. The van der Waals surface area contributed by atoms with Gasteiger partial charge in [-0.25, -0.2) is 4.98 Å². The first-order chi connectivity index (χ1) is 9.44. The topological polar surface area (TPSA) is 130 Å². The lowest BCUT2D eigenvalue weighted by atomic mass is 10.0. The molecule has 0 saturated heterocycles. The fourth-order valence-electron chi connectivity index (χ4n) is 2.65. The zero-order chi connectivity index (χ0) is 14.5. The van der Waals surface area contributed by atoms with Crippen molar-refractivity contribution in [2.24, 2.45) is 0 Å². The summed E-state index contributed by atoms with van der Waals surface area (Å²) in [5, 5.41) is 29.3. The fourth-order valence-corrected chi connectivity index (χ4v) is 2.87. The van der Waals surface area contributed by atoms with Gasteiger partial charge in [0.05, 0.1) is 19.0 Å². The van der Waals surface area contributed by atoms with E-state index in [2.05, 4.69) is 15.0 Å². The van der Waals surface area contributed by atoms with Gasteiger partial charge >= 0.3 is 0 Å². The number of aliphatic hydroxyl groups excluding tert-OH is 2. The van der Waals surface area contributed by atoms with E-state index in [-0.39, 0.29) is 30.0 Å². The van der Waals surface area contributed by atoms with Crippen molar-refractivity contribution < 1.29 is 15.3 Å². The van der Waals surface area contributed by atoms with Crippen molar-refractivity contribution in [1.29, 1.82) is 0 Å². The van der Waals surface area contributed by atoms with Crippen LogP contribution in [0.2, 0.25) is 5.15 Å². The zero-order valence-corrected chi connectivity index (χ0v) is 11.2. The summed E-state index contributed by atoms with van der Waals surface area (Å²) in [6.07, 6.45) is 0.983. The van der Waals surface area contributed by atoms with E-state index < -0.39 is 18.3 Å². The molecule has 5 N–H and O–H groups in total. The summed E-state index contributed by atoms with van der Waals surface area (Å²) in [6, 6.07) is -0.252. The number of imidazole rings is 1. The van der Waals surface area contributed by atoms with E-state index in [4.69, 9.17) is 17.3 Å². The minimum absolute atomic E-state index is 0.0280. The summed E-state index contributed by atoms with van der Waals surface area (Å²) >= 11 is 5.95. The van der Waals surface area contributed by atoms with Crippen LogP contribution in [0.25, 0.3) is 11.2 Å². The van der Waals surface area contributed by atoms with Gasteiger partial charge in [0.1, 0.15) is 11.1 Å². The van der Waals surface area contributed by atoms with Crippen molar-refractivity contribution in [2.75, 3.05) is 12.3 Å². The van der Waals surface area contributed by atoms with Gasteiger partial charge in [0.2, 0.25) is 5.95 Å². The molecular weight excluding hydrogens is 286 g/mol. The molecule has 1 fully saturated rings. The van der Waals surface area contributed by atoms with Crippen molar-refractivity contribution in [1.82, 2.24) is 19.5 Å². The smallest absolute Gasteiger partial charge is 0.223 e. The van der Waals surface area contributed by atoms with Crippen LogP contribution < -0.4 is 5.73 Å². The number of nitrogen functional groups attached to an aromatic ring is 1. The summed E-state index contributed by atoms with van der Waals surface area (Å²) in [5.41, 5.74) is 4.92. The summed E-state index contributed by atoms with van der Waals surface area (Å²) in [5.74, 6) is 0.0280. The van der Waals surface area contributed by atoms with Gasteiger partial charge in [-0.1, -0.05) is 11.6 Å². The maximum Gasteiger partial charge on any atom is 0.223 e. The van der Waals surface area contributed by atoms with E-state index in [1.54, 1.807) is 4.57 Å². The number of fused-ring (bicyclic) bond motifs is 1. The second kappa shape index (κ2) is 4.52. The molecule has 0 aromatic carbocycles. The number of rotatable bonds is 2. The second-order valence-electron chi connectivity index (χ2n) is 5.07. The molecule has 0 amide bonds. The summed E-state index contributed by atoms with van der Waals surface area (Å²) in [7, 11) is 0. The molecule has 3 rings (SSSR count). The first kappa shape index (κ1) is 13.5. The van der Waals surface area contributed by atoms with Crippen molar-refractivity contribution >= 4 is 28.7 Å². The fraction of sp³-hybridized carbons (Fsp3) is 0.545. The van der Waals surface area contributed by atoms with E-state index in [9.17, 15) is 15.3 Å². The average Bonchev–Trinajstić information content (AvgIpc) is 2.92. The first-order valence-corrected chi connectivity index (χ1v) is 6.49. The van der Waals surface area contributed by atoms with Crippen molar-refractivity contribution in [2.45, 2.75) is 30.6 Å². The Bertz CT molecular complexity index is 663. The molecule has 0 radical (unpaired) electrons. The van der Waals surface area contributed by atoms with Crippen LogP contribution in [0.1, 0.15) is 18.9 Å². The third-order valence-corrected chi connectivity index (χ3v) is 4.03. The van der Waals surface area contributed by atoms with E-state index >= 15 is 0 Å². The number of halogens is 1. The molecule has 108 valence electrons. The largest absolute Gasteiger partial charge is 0.393 e. The Hall–Kier alpha value is -1.48. The van der Waals surface area contributed by atoms with Crippen LogP contribution in [0.15, 0.2) is 6.33 Å². The number of aromatic nitrogens is 4. The minimum Gasteiger partial charge on any atom is -0.393 e. The van der Waals surface area contributed by atoms with Crippen molar-refractivity contribution in [3.05, 3.63) is 11.5 Å². The van der Waals surface area contributed by atoms with Crippen LogP contribution in [0, 0.1) is 0 Å². The zero-order valence-electron chi connectivity index (χ0n) is 10.4. The molecule has 1 saturated carbocycles. The molecule has 9 heteroatoms. The highest BCUT2D eigenvalue weighted by molar-refractivity contribution is 6.33. The molecule has 0 spiro atoms. The Morgan fingerprint density at radius 3 is 2.90 bits per heavy atom. The van der Waals surface area contributed by atoms with Crippen LogP contribution in [0.5, 0.6) is 0 Å². The quantitative estimate of drug-likeness (QED) is 0.549. The number of hydrogen-bond donors (Lipinski definition) is 4. The van der Waals surface area contributed by atoms with E-state index in [1.807, 2.05) is 0 Å². The molecule has 2 aromatic heterocycles. The maximum absolute atomic E-state index is 10.1. The highest BCUT2D eigenvalue weighted by Crippen LogP contribution is 2.39. The molecule has 0 bridgehead atoms. The van der Waals surface area contributed by atoms with Crippen LogP contribution >= 0.6 is 11.6 Å². The third kappa shape index (κ3) is 1.92. The van der Waals surface area contributed by atoms with Gasteiger partial charge in [-0.05, 0) is 6.42 Å².